The van der Waals surface area contributed by atoms with Gasteiger partial charge in [-0.05, 0) is 24.6 Å². The van der Waals surface area contributed by atoms with E-state index in [9.17, 15) is 18.9 Å². The fourth-order valence-electron chi connectivity index (χ4n) is 1.80. The number of nitrogens with one attached hydrogen (secondary N) is 1. The molecule has 0 fully saturated rings. The monoisotopic (exact) mass is 278 g/mol. The van der Waals surface area contributed by atoms with E-state index in [-0.39, 0.29) is 23.5 Å². The molecule has 1 N–H and O–H groups in total. The highest BCUT2D eigenvalue weighted by molar-refractivity contribution is 5.63. The third-order valence-corrected chi connectivity index (χ3v) is 2.90. The predicted octanol–water partition coefficient (Wildman–Crippen LogP) is 3.79. The lowest BCUT2D eigenvalue weighted by Crippen LogP contribution is -2.05. The third kappa shape index (κ3) is 2.90. The van der Waals surface area contributed by atoms with Gasteiger partial charge in [0.05, 0.1) is 11.0 Å². The van der Waals surface area contributed by atoms with Crippen molar-refractivity contribution in [3.8, 4) is 0 Å². The molecule has 4 nitrogen and oxygen atoms in total. The smallest absolute Gasteiger partial charge is 0.295 e. The number of halogens is 2. The van der Waals surface area contributed by atoms with Crippen LogP contribution in [0.4, 0.5) is 20.2 Å². The summed E-state index contributed by atoms with van der Waals surface area (Å²) in [5.74, 6) is -1.05. The number of rotatable bonds is 4. The fourth-order valence-corrected chi connectivity index (χ4v) is 1.80. The number of anilines is 1. The first-order valence-corrected chi connectivity index (χ1v) is 5.91. The van der Waals surface area contributed by atoms with Crippen molar-refractivity contribution in [3.05, 3.63) is 69.3 Å². The molecular weight excluding hydrogens is 266 g/mol. The number of hydrogen-bond acceptors (Lipinski definition) is 3. The number of nitrogens with zero attached hydrogens (tertiary/aromatic N) is 1. The minimum Gasteiger partial charge on any atom is -0.375 e. The lowest BCUT2D eigenvalue weighted by molar-refractivity contribution is -0.384. The standard InChI is InChI=1S/C14H12F2N2O2/c1-9-6-13(14(18(19)20)7-12(9)16)17-8-10-4-2-3-5-11(10)15/h2-7,17H,8H2,1H3. The molecule has 0 aliphatic carbocycles. The van der Waals surface area contributed by atoms with Gasteiger partial charge in [-0.25, -0.2) is 8.78 Å². The minimum absolute atomic E-state index is 0.0819. The van der Waals surface area contributed by atoms with Crippen LogP contribution in [0, 0.1) is 28.7 Å². The van der Waals surface area contributed by atoms with Crippen LogP contribution in [0.5, 0.6) is 0 Å². The van der Waals surface area contributed by atoms with Crippen LogP contribution in [-0.2, 0) is 6.54 Å². The summed E-state index contributed by atoms with van der Waals surface area (Å²) in [6, 6.07) is 8.31. The molecule has 0 bridgehead atoms. The Morgan fingerprint density at radius 2 is 1.90 bits per heavy atom. The van der Waals surface area contributed by atoms with Crippen LogP contribution in [0.25, 0.3) is 0 Å². The Morgan fingerprint density at radius 1 is 1.20 bits per heavy atom. The van der Waals surface area contributed by atoms with E-state index in [2.05, 4.69) is 5.32 Å². The summed E-state index contributed by atoms with van der Waals surface area (Å²) >= 11 is 0. The van der Waals surface area contributed by atoms with Crippen molar-refractivity contribution in [3.63, 3.8) is 0 Å². The molecular formula is C14H12F2N2O2. The Labute approximate surface area is 114 Å². The predicted molar refractivity (Wildman–Crippen MR) is 71.5 cm³/mol. The Bertz CT molecular complexity index is 660. The zero-order valence-electron chi connectivity index (χ0n) is 10.7. The molecule has 2 rings (SSSR count). The topological polar surface area (TPSA) is 55.2 Å². The molecule has 0 aliphatic rings. The highest BCUT2D eigenvalue weighted by Crippen LogP contribution is 2.28. The van der Waals surface area contributed by atoms with E-state index < -0.39 is 16.6 Å². The Kier molecular flexibility index (Phi) is 3.93. The molecule has 0 spiro atoms. The van der Waals surface area contributed by atoms with Crippen molar-refractivity contribution >= 4 is 11.4 Å². The van der Waals surface area contributed by atoms with Crippen LogP contribution < -0.4 is 5.32 Å². The van der Waals surface area contributed by atoms with Gasteiger partial charge in [0.15, 0.2) is 0 Å². The summed E-state index contributed by atoms with van der Waals surface area (Å²) in [6.07, 6.45) is 0. The summed E-state index contributed by atoms with van der Waals surface area (Å²) in [4.78, 5) is 10.2. The molecule has 0 saturated heterocycles. The lowest BCUT2D eigenvalue weighted by atomic mass is 10.1. The maximum atomic E-state index is 13.5. The molecule has 0 aliphatic heterocycles. The van der Waals surface area contributed by atoms with Gasteiger partial charge in [-0.2, -0.15) is 0 Å². The first-order valence-electron chi connectivity index (χ1n) is 5.91. The Balaban J connectivity index is 2.27. The molecule has 0 atom stereocenters. The van der Waals surface area contributed by atoms with E-state index in [0.717, 1.165) is 6.07 Å². The summed E-state index contributed by atoms with van der Waals surface area (Å²) in [6.45, 7) is 1.59. The van der Waals surface area contributed by atoms with Crippen molar-refractivity contribution in [2.45, 2.75) is 13.5 Å². The second-order valence-electron chi connectivity index (χ2n) is 4.32. The molecule has 2 aromatic carbocycles. The van der Waals surface area contributed by atoms with E-state index in [4.69, 9.17) is 0 Å². The molecule has 0 amide bonds. The SMILES string of the molecule is Cc1cc(NCc2ccccc2F)c([N+](=O)[O-])cc1F. The molecule has 2 aromatic rings. The van der Waals surface area contributed by atoms with E-state index in [1.54, 1.807) is 18.2 Å². The quantitative estimate of drug-likeness (QED) is 0.683. The number of benzene rings is 2. The largest absolute Gasteiger partial charge is 0.375 e. The van der Waals surface area contributed by atoms with Gasteiger partial charge < -0.3 is 5.32 Å². The normalized spacial score (nSPS) is 10.3. The van der Waals surface area contributed by atoms with Gasteiger partial charge in [0, 0.05) is 12.1 Å². The van der Waals surface area contributed by atoms with Crippen molar-refractivity contribution < 1.29 is 13.7 Å². The van der Waals surface area contributed by atoms with Crippen LogP contribution in [-0.4, -0.2) is 4.92 Å². The average Bonchev–Trinajstić information content (AvgIpc) is 2.41. The molecule has 0 aromatic heterocycles. The highest BCUT2D eigenvalue weighted by Gasteiger charge is 2.17. The third-order valence-electron chi connectivity index (χ3n) is 2.90. The second-order valence-corrected chi connectivity index (χ2v) is 4.32. The molecule has 0 saturated carbocycles. The minimum atomic E-state index is -0.674. The molecule has 0 unspecified atom stereocenters. The number of nitro benzene ring substituents is 1. The van der Waals surface area contributed by atoms with Gasteiger partial charge in [-0.3, -0.25) is 10.1 Å². The molecule has 6 heteroatoms. The van der Waals surface area contributed by atoms with Gasteiger partial charge >= 0.3 is 0 Å². The highest BCUT2D eigenvalue weighted by atomic mass is 19.1. The van der Waals surface area contributed by atoms with Crippen LogP contribution in [0.2, 0.25) is 0 Å². The maximum absolute atomic E-state index is 13.5. The first kappa shape index (κ1) is 13.9. The van der Waals surface area contributed by atoms with Crippen molar-refractivity contribution in [1.82, 2.24) is 0 Å². The van der Waals surface area contributed by atoms with Gasteiger partial charge in [0.2, 0.25) is 0 Å². The van der Waals surface area contributed by atoms with Crippen LogP contribution in [0.15, 0.2) is 36.4 Å². The second kappa shape index (κ2) is 5.64. The lowest BCUT2D eigenvalue weighted by Gasteiger charge is -2.09. The number of aryl methyl sites for hydroxylation is 1. The van der Waals surface area contributed by atoms with Crippen LogP contribution >= 0.6 is 0 Å². The van der Waals surface area contributed by atoms with Crippen molar-refractivity contribution in [2.75, 3.05) is 5.32 Å². The Morgan fingerprint density at radius 3 is 2.55 bits per heavy atom. The molecule has 20 heavy (non-hydrogen) atoms. The van der Waals surface area contributed by atoms with E-state index in [0.29, 0.717) is 5.56 Å². The van der Waals surface area contributed by atoms with E-state index in [1.165, 1.54) is 19.1 Å². The van der Waals surface area contributed by atoms with E-state index >= 15 is 0 Å². The molecule has 0 radical (unpaired) electrons. The first-order chi connectivity index (χ1) is 9.49. The maximum Gasteiger partial charge on any atom is 0.295 e. The Hall–Kier alpha value is -2.50. The summed E-state index contributed by atoms with van der Waals surface area (Å²) < 4.78 is 26.8. The van der Waals surface area contributed by atoms with Gasteiger partial charge in [-0.15, -0.1) is 0 Å². The fraction of sp³-hybridized carbons (Fsp3) is 0.143. The number of hydrogen-bond donors (Lipinski definition) is 1. The van der Waals surface area contributed by atoms with E-state index in [1.807, 2.05) is 0 Å². The van der Waals surface area contributed by atoms with Crippen LogP contribution in [0.3, 0.4) is 0 Å². The van der Waals surface area contributed by atoms with Gasteiger partial charge in [-0.1, -0.05) is 18.2 Å². The molecule has 0 heterocycles. The summed E-state index contributed by atoms with van der Waals surface area (Å²) in [5.41, 5.74) is 0.456. The zero-order valence-corrected chi connectivity index (χ0v) is 10.7. The average molecular weight is 278 g/mol. The van der Waals surface area contributed by atoms with Crippen molar-refractivity contribution in [1.29, 1.82) is 0 Å². The van der Waals surface area contributed by atoms with Gasteiger partial charge in [0.1, 0.15) is 17.3 Å². The van der Waals surface area contributed by atoms with Gasteiger partial charge in [0.25, 0.3) is 5.69 Å². The number of nitro groups is 1. The molecule has 104 valence electrons. The zero-order chi connectivity index (χ0) is 14.7. The summed E-state index contributed by atoms with van der Waals surface area (Å²) in [5, 5.41) is 13.7. The summed E-state index contributed by atoms with van der Waals surface area (Å²) in [7, 11) is 0. The van der Waals surface area contributed by atoms with Crippen molar-refractivity contribution in [2.24, 2.45) is 0 Å². The van der Waals surface area contributed by atoms with Crippen LogP contribution in [0.1, 0.15) is 11.1 Å².